The number of hydrogen-bond donors (Lipinski definition) is 2. The van der Waals surface area contributed by atoms with Crippen LogP contribution in [-0.4, -0.2) is 42.9 Å². The number of nitrogens with one attached hydrogen (secondary N) is 2. The summed E-state index contributed by atoms with van der Waals surface area (Å²) < 4.78 is 5.03. The van der Waals surface area contributed by atoms with E-state index in [1.54, 1.807) is 19.1 Å². The average Bonchev–Trinajstić information content (AvgIpc) is 3.10. The zero-order valence-electron chi connectivity index (χ0n) is 15.0. The molecule has 2 N–H and O–H groups in total. The predicted octanol–water partition coefficient (Wildman–Crippen LogP) is 2.21. The van der Waals surface area contributed by atoms with Crippen LogP contribution in [-0.2, 0) is 4.79 Å². The molecule has 0 saturated carbocycles. The zero-order chi connectivity index (χ0) is 18.4. The van der Waals surface area contributed by atoms with Gasteiger partial charge in [0.2, 0.25) is 5.91 Å². The molecule has 0 aliphatic rings. The summed E-state index contributed by atoms with van der Waals surface area (Å²) in [5.74, 6) is -0.467. The molecule has 2 rings (SSSR count). The van der Waals surface area contributed by atoms with Crippen molar-refractivity contribution in [1.29, 1.82) is 0 Å². The van der Waals surface area contributed by atoms with Crippen molar-refractivity contribution < 1.29 is 14.0 Å². The second kappa shape index (κ2) is 8.48. The summed E-state index contributed by atoms with van der Waals surface area (Å²) in [6.45, 7) is 3.60. The topological polar surface area (TPSA) is 74.6 Å². The van der Waals surface area contributed by atoms with Crippen molar-refractivity contribution in [3.63, 3.8) is 0 Å². The number of furan rings is 1. The van der Waals surface area contributed by atoms with Crippen LogP contribution < -0.4 is 10.6 Å². The Morgan fingerprint density at radius 2 is 1.68 bits per heavy atom. The zero-order valence-corrected chi connectivity index (χ0v) is 15.0. The number of nitrogens with zero attached hydrogens (tertiary/aromatic N) is 1. The van der Waals surface area contributed by atoms with Crippen molar-refractivity contribution in [3.8, 4) is 0 Å². The number of hydrogen-bond acceptors (Lipinski definition) is 4. The van der Waals surface area contributed by atoms with Crippen LogP contribution >= 0.6 is 0 Å². The minimum absolute atomic E-state index is 0.0260. The third-order valence-electron chi connectivity index (χ3n) is 4.03. The largest absolute Gasteiger partial charge is 0.459 e. The summed E-state index contributed by atoms with van der Waals surface area (Å²) in [5, 5.41) is 5.62. The third-order valence-corrected chi connectivity index (χ3v) is 4.03. The van der Waals surface area contributed by atoms with Crippen molar-refractivity contribution in [3.05, 3.63) is 60.1 Å². The first-order valence-corrected chi connectivity index (χ1v) is 8.26. The average molecular weight is 343 g/mol. The summed E-state index contributed by atoms with van der Waals surface area (Å²) in [6, 6.07) is 12.4. The highest BCUT2D eigenvalue weighted by Crippen LogP contribution is 2.21. The predicted molar refractivity (Wildman–Crippen MR) is 96.1 cm³/mol. The number of benzene rings is 1. The number of amides is 2. The standard InChI is InChI=1S/C19H25N3O3/c1-13(17(22(3)4)15-9-6-5-7-10-15)20-18(23)14(2)21-19(24)16-11-8-12-25-16/h5-14,17H,1-4H3,(H,20,23)(H,21,24)/t13-,14+,17+/m1/s1. The van der Waals surface area contributed by atoms with Crippen molar-refractivity contribution in [2.45, 2.75) is 32.0 Å². The SMILES string of the molecule is C[C@H](NC(=O)c1ccco1)C(=O)N[C@H](C)[C@@H](c1ccccc1)N(C)C. The lowest BCUT2D eigenvalue weighted by Crippen LogP contribution is -2.50. The summed E-state index contributed by atoms with van der Waals surface area (Å²) >= 11 is 0. The Morgan fingerprint density at radius 1 is 1.00 bits per heavy atom. The van der Waals surface area contributed by atoms with Gasteiger partial charge in [0.05, 0.1) is 12.3 Å². The van der Waals surface area contributed by atoms with Gasteiger partial charge in [0.1, 0.15) is 6.04 Å². The molecule has 134 valence electrons. The minimum atomic E-state index is -0.668. The van der Waals surface area contributed by atoms with Crippen LogP contribution in [0.25, 0.3) is 0 Å². The Hall–Kier alpha value is -2.60. The Morgan fingerprint density at radius 3 is 2.24 bits per heavy atom. The highest BCUT2D eigenvalue weighted by Gasteiger charge is 2.25. The van der Waals surface area contributed by atoms with Gasteiger partial charge in [0.15, 0.2) is 5.76 Å². The molecule has 1 aromatic heterocycles. The molecule has 0 saturated heterocycles. The Bertz CT molecular complexity index is 683. The molecule has 0 spiro atoms. The first-order valence-electron chi connectivity index (χ1n) is 8.26. The van der Waals surface area contributed by atoms with Crippen molar-refractivity contribution in [2.75, 3.05) is 14.1 Å². The summed E-state index contributed by atoms with van der Waals surface area (Å²) in [7, 11) is 3.95. The van der Waals surface area contributed by atoms with Crippen LogP contribution in [0.15, 0.2) is 53.1 Å². The fraction of sp³-hybridized carbons (Fsp3) is 0.368. The molecule has 1 heterocycles. The van der Waals surface area contributed by atoms with E-state index in [9.17, 15) is 9.59 Å². The van der Waals surface area contributed by atoms with E-state index < -0.39 is 11.9 Å². The lowest BCUT2D eigenvalue weighted by Gasteiger charge is -2.31. The Kier molecular flexibility index (Phi) is 6.36. The van der Waals surface area contributed by atoms with Gasteiger partial charge in [0, 0.05) is 6.04 Å². The number of carbonyl (C=O) groups excluding carboxylic acids is 2. The highest BCUT2D eigenvalue weighted by molar-refractivity contribution is 5.95. The molecule has 0 fully saturated rings. The van der Waals surface area contributed by atoms with Crippen LogP contribution in [0.4, 0.5) is 0 Å². The number of carbonyl (C=O) groups is 2. The smallest absolute Gasteiger partial charge is 0.287 e. The molecule has 0 unspecified atom stereocenters. The van der Waals surface area contributed by atoms with E-state index in [2.05, 4.69) is 15.5 Å². The molecule has 6 nitrogen and oxygen atoms in total. The molecule has 1 aromatic carbocycles. The quantitative estimate of drug-likeness (QED) is 0.808. The Labute approximate surface area is 148 Å². The van der Waals surface area contributed by atoms with Gasteiger partial charge in [-0.05, 0) is 45.6 Å². The van der Waals surface area contributed by atoms with E-state index in [0.717, 1.165) is 5.56 Å². The first kappa shape index (κ1) is 18.7. The summed E-state index contributed by atoms with van der Waals surface area (Å²) in [4.78, 5) is 26.5. The van der Waals surface area contributed by atoms with Crippen LogP contribution in [0.2, 0.25) is 0 Å². The Balaban J connectivity index is 1.98. The number of likely N-dealkylation sites (N-methyl/N-ethyl adjacent to an activating group) is 1. The van der Waals surface area contributed by atoms with E-state index in [0.29, 0.717) is 0 Å². The van der Waals surface area contributed by atoms with Crippen molar-refractivity contribution in [2.24, 2.45) is 0 Å². The monoisotopic (exact) mass is 343 g/mol. The third kappa shape index (κ3) is 4.93. The van der Waals surface area contributed by atoms with Crippen LogP contribution in [0.5, 0.6) is 0 Å². The van der Waals surface area contributed by atoms with E-state index >= 15 is 0 Å². The van der Waals surface area contributed by atoms with Gasteiger partial charge in [-0.1, -0.05) is 30.3 Å². The normalized spacial score (nSPS) is 14.6. The lowest BCUT2D eigenvalue weighted by molar-refractivity contribution is -0.123. The fourth-order valence-electron chi connectivity index (χ4n) is 2.85. The van der Waals surface area contributed by atoms with Gasteiger partial charge in [0.25, 0.3) is 5.91 Å². The first-order chi connectivity index (χ1) is 11.9. The van der Waals surface area contributed by atoms with E-state index in [1.165, 1.54) is 6.26 Å². The summed E-state index contributed by atoms with van der Waals surface area (Å²) in [6.07, 6.45) is 1.42. The maximum atomic E-state index is 12.4. The molecule has 25 heavy (non-hydrogen) atoms. The molecule has 0 aliphatic carbocycles. The molecule has 0 radical (unpaired) electrons. The second-order valence-electron chi connectivity index (χ2n) is 6.29. The van der Waals surface area contributed by atoms with E-state index in [-0.39, 0.29) is 23.8 Å². The molecule has 2 amide bonds. The molecule has 0 bridgehead atoms. The van der Waals surface area contributed by atoms with Crippen LogP contribution in [0.1, 0.15) is 36.0 Å². The van der Waals surface area contributed by atoms with Gasteiger partial charge >= 0.3 is 0 Å². The molecular formula is C19H25N3O3. The van der Waals surface area contributed by atoms with Crippen LogP contribution in [0, 0.1) is 0 Å². The van der Waals surface area contributed by atoms with Crippen molar-refractivity contribution >= 4 is 11.8 Å². The molecule has 0 aliphatic heterocycles. The van der Waals surface area contributed by atoms with Gasteiger partial charge in [-0.15, -0.1) is 0 Å². The minimum Gasteiger partial charge on any atom is -0.459 e. The van der Waals surface area contributed by atoms with Gasteiger partial charge in [-0.3, -0.25) is 9.59 Å². The van der Waals surface area contributed by atoms with Gasteiger partial charge in [-0.2, -0.15) is 0 Å². The number of rotatable bonds is 7. The van der Waals surface area contributed by atoms with E-state index in [4.69, 9.17) is 4.42 Å². The lowest BCUT2D eigenvalue weighted by atomic mass is 9.99. The van der Waals surface area contributed by atoms with Gasteiger partial charge < -0.3 is 20.0 Å². The van der Waals surface area contributed by atoms with Crippen LogP contribution in [0.3, 0.4) is 0 Å². The fourth-order valence-corrected chi connectivity index (χ4v) is 2.85. The molecule has 2 aromatic rings. The van der Waals surface area contributed by atoms with Crippen molar-refractivity contribution in [1.82, 2.24) is 15.5 Å². The molecule has 3 atom stereocenters. The maximum Gasteiger partial charge on any atom is 0.287 e. The molecule has 6 heteroatoms. The second-order valence-corrected chi connectivity index (χ2v) is 6.29. The highest BCUT2D eigenvalue weighted by atomic mass is 16.3. The van der Waals surface area contributed by atoms with E-state index in [1.807, 2.05) is 51.4 Å². The maximum absolute atomic E-state index is 12.4. The summed E-state index contributed by atoms with van der Waals surface area (Å²) in [5.41, 5.74) is 1.12. The van der Waals surface area contributed by atoms with Gasteiger partial charge in [-0.25, -0.2) is 0 Å². The molecular weight excluding hydrogens is 318 g/mol.